The monoisotopic (exact) mass is 345 g/mol. The Kier molecular flexibility index (Phi) is 4.59. The van der Waals surface area contributed by atoms with Crippen molar-refractivity contribution in [1.29, 1.82) is 0 Å². The van der Waals surface area contributed by atoms with Gasteiger partial charge in [0, 0.05) is 18.5 Å². The van der Waals surface area contributed by atoms with Gasteiger partial charge in [0.2, 0.25) is 5.91 Å². The Morgan fingerprint density at radius 3 is 2.64 bits per heavy atom. The van der Waals surface area contributed by atoms with Gasteiger partial charge in [-0.25, -0.2) is 4.79 Å². The summed E-state index contributed by atoms with van der Waals surface area (Å²) in [4.78, 5) is 37.8. The molecule has 7 heteroatoms. The number of nitrogens with zero attached hydrogens (tertiary/aromatic N) is 1. The molecule has 1 aromatic carbocycles. The number of morpholine rings is 1. The highest BCUT2D eigenvalue weighted by molar-refractivity contribution is 5.99. The molecule has 0 unspecified atom stereocenters. The van der Waals surface area contributed by atoms with Crippen LogP contribution in [0.5, 0.6) is 5.75 Å². The normalized spacial score (nSPS) is 14.7. The number of rotatable bonds is 3. The maximum absolute atomic E-state index is 12.4. The van der Waals surface area contributed by atoms with Crippen molar-refractivity contribution in [2.45, 2.75) is 20.3 Å². The smallest absolute Gasteiger partial charge is 0.340 e. The van der Waals surface area contributed by atoms with Gasteiger partial charge >= 0.3 is 5.63 Å². The van der Waals surface area contributed by atoms with Crippen LogP contribution in [0.1, 0.15) is 27.0 Å². The lowest BCUT2D eigenvalue weighted by Crippen LogP contribution is -2.42. The lowest BCUT2D eigenvalue weighted by Gasteiger charge is -2.27. The van der Waals surface area contributed by atoms with Crippen molar-refractivity contribution in [3.63, 3.8) is 0 Å². The molecule has 0 radical (unpaired) electrons. The van der Waals surface area contributed by atoms with Gasteiger partial charge in [-0.05, 0) is 31.0 Å². The summed E-state index contributed by atoms with van der Waals surface area (Å²) < 4.78 is 10.5. The Labute approximate surface area is 143 Å². The van der Waals surface area contributed by atoms with Crippen LogP contribution in [-0.4, -0.2) is 48.5 Å². The predicted octanol–water partition coefficient (Wildman–Crippen LogP) is 1.33. The van der Waals surface area contributed by atoms with Gasteiger partial charge < -0.3 is 19.2 Å². The van der Waals surface area contributed by atoms with Crippen molar-refractivity contribution in [3.8, 4) is 5.75 Å². The molecule has 3 rings (SSSR count). The third-order valence-electron chi connectivity index (χ3n) is 4.59. The van der Waals surface area contributed by atoms with Crippen LogP contribution in [0.3, 0.4) is 0 Å². The van der Waals surface area contributed by atoms with Crippen molar-refractivity contribution < 1.29 is 23.8 Å². The van der Waals surface area contributed by atoms with E-state index in [0.717, 1.165) is 0 Å². The van der Waals surface area contributed by atoms with Crippen LogP contribution in [-0.2, 0) is 16.0 Å². The molecule has 1 fully saturated rings. The van der Waals surface area contributed by atoms with Crippen molar-refractivity contribution in [1.82, 2.24) is 4.90 Å². The van der Waals surface area contributed by atoms with E-state index in [1.807, 2.05) is 0 Å². The zero-order valence-corrected chi connectivity index (χ0v) is 14.1. The maximum atomic E-state index is 12.4. The summed E-state index contributed by atoms with van der Waals surface area (Å²) in [7, 11) is 0. The van der Waals surface area contributed by atoms with Crippen LogP contribution in [0.25, 0.3) is 11.0 Å². The molecule has 0 saturated carbocycles. The first kappa shape index (κ1) is 17.2. The summed E-state index contributed by atoms with van der Waals surface area (Å²) in [6, 6.07) is 1.65. The van der Waals surface area contributed by atoms with Gasteiger partial charge in [-0.2, -0.15) is 0 Å². The van der Waals surface area contributed by atoms with Crippen LogP contribution in [0.2, 0.25) is 0 Å². The van der Waals surface area contributed by atoms with E-state index < -0.39 is 5.63 Å². The highest BCUT2D eigenvalue weighted by atomic mass is 16.5. The van der Waals surface area contributed by atoms with E-state index in [-0.39, 0.29) is 34.8 Å². The first-order valence-corrected chi connectivity index (χ1v) is 8.03. The van der Waals surface area contributed by atoms with Gasteiger partial charge in [-0.3, -0.25) is 9.59 Å². The Bertz CT molecular complexity index is 908. The standard InChI is InChI=1S/C18H19NO6/c1-10-7-12-11(2)13(8-15(21)19-3-5-24-6-4-19)18(23)25-17(12)14(9-20)16(10)22/h7,9,22H,3-6,8H2,1-2H3. The third-order valence-corrected chi connectivity index (χ3v) is 4.59. The lowest BCUT2D eigenvalue weighted by atomic mass is 9.98. The predicted molar refractivity (Wildman–Crippen MR) is 90.1 cm³/mol. The molecule has 2 heterocycles. The Balaban J connectivity index is 2.07. The first-order chi connectivity index (χ1) is 11.9. The summed E-state index contributed by atoms with van der Waals surface area (Å²) in [5.41, 5.74) is 0.671. The van der Waals surface area contributed by atoms with Crippen LogP contribution < -0.4 is 5.63 Å². The van der Waals surface area contributed by atoms with E-state index in [0.29, 0.717) is 49.1 Å². The van der Waals surface area contributed by atoms with Crippen molar-refractivity contribution >= 4 is 23.2 Å². The van der Waals surface area contributed by atoms with Gasteiger partial charge in [0.1, 0.15) is 5.75 Å². The largest absolute Gasteiger partial charge is 0.507 e. The van der Waals surface area contributed by atoms with Gasteiger partial charge in [0.15, 0.2) is 11.9 Å². The number of phenols is 1. The second-order valence-corrected chi connectivity index (χ2v) is 6.11. The second-order valence-electron chi connectivity index (χ2n) is 6.11. The number of ether oxygens (including phenoxy) is 1. The van der Waals surface area contributed by atoms with Crippen molar-refractivity contribution in [2.75, 3.05) is 26.3 Å². The molecule has 1 N–H and O–H groups in total. The minimum atomic E-state index is -0.669. The summed E-state index contributed by atoms with van der Waals surface area (Å²) in [5.74, 6) is -0.369. The highest BCUT2D eigenvalue weighted by Crippen LogP contribution is 2.31. The second kappa shape index (κ2) is 6.68. The molecule has 1 amide bonds. The third kappa shape index (κ3) is 3.02. The van der Waals surface area contributed by atoms with E-state index >= 15 is 0 Å². The van der Waals surface area contributed by atoms with Gasteiger partial charge in [-0.15, -0.1) is 0 Å². The molecule has 0 atom stereocenters. The number of aromatic hydroxyl groups is 1. The van der Waals surface area contributed by atoms with Gasteiger partial charge in [0.05, 0.1) is 30.8 Å². The van der Waals surface area contributed by atoms with Crippen LogP contribution in [0.4, 0.5) is 0 Å². The molecule has 0 aliphatic carbocycles. The molecule has 1 saturated heterocycles. The molecule has 0 spiro atoms. The number of carbonyl (C=O) groups is 2. The van der Waals surface area contributed by atoms with Crippen molar-refractivity contribution in [3.05, 3.63) is 38.7 Å². The lowest BCUT2D eigenvalue weighted by molar-refractivity contribution is -0.134. The van der Waals surface area contributed by atoms with E-state index in [1.54, 1.807) is 24.8 Å². The van der Waals surface area contributed by atoms with E-state index in [2.05, 4.69) is 0 Å². The maximum Gasteiger partial charge on any atom is 0.340 e. The number of aldehydes is 1. The number of hydrogen-bond acceptors (Lipinski definition) is 6. The van der Waals surface area contributed by atoms with E-state index in [1.165, 1.54) is 0 Å². The minimum Gasteiger partial charge on any atom is -0.507 e. The van der Waals surface area contributed by atoms with E-state index in [9.17, 15) is 19.5 Å². The summed E-state index contributed by atoms with van der Waals surface area (Å²) >= 11 is 0. The molecule has 0 bridgehead atoms. The molecular formula is C18H19NO6. The summed E-state index contributed by atoms with van der Waals surface area (Å²) in [6.07, 6.45) is 0.395. The van der Waals surface area contributed by atoms with Gasteiger partial charge in [0.25, 0.3) is 0 Å². The zero-order valence-electron chi connectivity index (χ0n) is 14.1. The number of fused-ring (bicyclic) bond motifs is 1. The fourth-order valence-electron chi connectivity index (χ4n) is 3.06. The Morgan fingerprint density at radius 1 is 1.32 bits per heavy atom. The molecule has 7 nitrogen and oxygen atoms in total. The molecular weight excluding hydrogens is 326 g/mol. The SMILES string of the molecule is Cc1cc2c(C)c(CC(=O)N3CCOCC3)c(=O)oc2c(C=O)c1O. The van der Waals surface area contributed by atoms with Crippen LogP contribution in [0, 0.1) is 13.8 Å². The number of phenolic OH excluding ortho intramolecular Hbond substituents is 1. The van der Waals surface area contributed by atoms with Crippen LogP contribution >= 0.6 is 0 Å². The fourth-order valence-corrected chi connectivity index (χ4v) is 3.06. The zero-order chi connectivity index (χ0) is 18.1. The average Bonchev–Trinajstić information content (AvgIpc) is 2.61. The molecule has 2 aromatic rings. The molecule has 1 aliphatic heterocycles. The van der Waals surface area contributed by atoms with E-state index in [4.69, 9.17) is 9.15 Å². The van der Waals surface area contributed by atoms with Crippen molar-refractivity contribution in [2.24, 2.45) is 0 Å². The summed E-state index contributed by atoms with van der Waals surface area (Å²) in [5, 5.41) is 10.5. The van der Waals surface area contributed by atoms with Gasteiger partial charge in [-0.1, -0.05) is 0 Å². The topological polar surface area (TPSA) is 97.0 Å². The number of carbonyl (C=O) groups excluding carboxylic acids is 2. The number of aryl methyl sites for hydroxylation is 2. The number of amides is 1. The summed E-state index contributed by atoms with van der Waals surface area (Å²) in [6.45, 7) is 5.34. The fraction of sp³-hybridized carbons (Fsp3) is 0.389. The first-order valence-electron chi connectivity index (χ1n) is 8.03. The minimum absolute atomic E-state index is 0.0446. The molecule has 1 aromatic heterocycles. The number of benzene rings is 1. The molecule has 1 aliphatic rings. The Hall–Kier alpha value is -2.67. The molecule has 25 heavy (non-hydrogen) atoms. The quantitative estimate of drug-likeness (QED) is 0.666. The Morgan fingerprint density at radius 2 is 2.00 bits per heavy atom. The molecule has 132 valence electrons. The average molecular weight is 345 g/mol. The number of hydrogen-bond donors (Lipinski definition) is 1. The van der Waals surface area contributed by atoms with Crippen LogP contribution in [0.15, 0.2) is 15.3 Å². The highest BCUT2D eigenvalue weighted by Gasteiger charge is 2.23.